The van der Waals surface area contributed by atoms with E-state index in [4.69, 9.17) is 5.73 Å². The second-order valence-corrected chi connectivity index (χ2v) is 12.6. The van der Waals surface area contributed by atoms with Gasteiger partial charge in [0.2, 0.25) is 29.5 Å². The van der Waals surface area contributed by atoms with Gasteiger partial charge < -0.3 is 27.0 Å². The van der Waals surface area contributed by atoms with E-state index in [9.17, 15) is 24.0 Å². The monoisotopic (exact) mass is 593 g/mol. The predicted octanol–water partition coefficient (Wildman–Crippen LogP) is 1.70. The van der Waals surface area contributed by atoms with Crippen LogP contribution in [-0.2, 0) is 35.5 Å². The van der Waals surface area contributed by atoms with Crippen molar-refractivity contribution in [2.24, 2.45) is 17.6 Å². The number of carbonyl (C=O) groups excluding carboxylic acids is 5. The fourth-order valence-electron chi connectivity index (χ4n) is 4.09. The second-order valence-electron chi connectivity index (χ2n) is 10.5. The van der Waals surface area contributed by atoms with Crippen LogP contribution in [0.3, 0.4) is 0 Å². The van der Waals surface area contributed by atoms with Crippen molar-refractivity contribution in [3.63, 3.8) is 0 Å². The molecule has 1 aromatic rings. The smallest absolute Gasteiger partial charge is 0.243 e. The average molecular weight is 594 g/mol. The molecule has 0 saturated carbocycles. The van der Waals surface area contributed by atoms with Crippen LogP contribution in [0.2, 0.25) is 0 Å². The largest absolute Gasteiger partial charge is 0.368 e. The third kappa shape index (κ3) is 11.8. The highest BCUT2D eigenvalue weighted by molar-refractivity contribution is 7.98. The molecule has 0 saturated heterocycles. The van der Waals surface area contributed by atoms with Crippen molar-refractivity contribution in [2.45, 2.75) is 76.6 Å². The van der Waals surface area contributed by atoms with E-state index in [1.807, 2.05) is 45.9 Å². The van der Waals surface area contributed by atoms with Crippen LogP contribution in [-0.4, -0.2) is 65.7 Å². The van der Waals surface area contributed by atoms with Crippen LogP contribution in [0.15, 0.2) is 24.3 Å². The van der Waals surface area contributed by atoms with Gasteiger partial charge in [-0.3, -0.25) is 24.0 Å². The second kappa shape index (κ2) is 17.2. The lowest BCUT2D eigenvalue weighted by Crippen LogP contribution is -2.59. The molecule has 222 valence electrons. The fourth-order valence-corrected chi connectivity index (χ4v) is 5.99. The van der Waals surface area contributed by atoms with Crippen LogP contribution in [0.25, 0.3) is 0 Å². The summed E-state index contributed by atoms with van der Waals surface area (Å²) < 4.78 is 0. The van der Waals surface area contributed by atoms with E-state index in [1.165, 1.54) is 11.8 Å². The Morgan fingerprint density at radius 3 is 2.27 bits per heavy atom. The number of rotatable bonds is 5. The molecule has 10 nitrogen and oxygen atoms in total. The molecule has 0 spiro atoms. The summed E-state index contributed by atoms with van der Waals surface area (Å²) in [7, 11) is 0. The molecule has 1 heterocycles. The van der Waals surface area contributed by atoms with Crippen molar-refractivity contribution in [3.05, 3.63) is 35.4 Å². The maximum Gasteiger partial charge on any atom is 0.243 e. The van der Waals surface area contributed by atoms with Gasteiger partial charge in [-0.15, -0.1) is 0 Å². The maximum absolute atomic E-state index is 13.3. The number of benzene rings is 1. The van der Waals surface area contributed by atoms with E-state index in [2.05, 4.69) is 27.3 Å². The SMILES string of the molecule is CC[C@H](C)[C@@H]1NC(=O)[C@H](CC(C)C)NC(=O)CNC(=O)CCSCc2cccc(c2)CSC[C@@H](C(N)=O)NC1=O. The van der Waals surface area contributed by atoms with Gasteiger partial charge in [-0.1, -0.05) is 58.4 Å². The molecule has 0 radical (unpaired) electrons. The van der Waals surface area contributed by atoms with Gasteiger partial charge in [-0.2, -0.15) is 23.5 Å². The zero-order valence-electron chi connectivity index (χ0n) is 23.8. The Balaban J connectivity index is 2.28. The molecule has 5 amide bonds. The number of fused-ring (bicyclic) bond motifs is 2. The van der Waals surface area contributed by atoms with Crippen molar-refractivity contribution in [1.82, 2.24) is 21.3 Å². The molecule has 40 heavy (non-hydrogen) atoms. The van der Waals surface area contributed by atoms with E-state index in [1.54, 1.807) is 11.8 Å². The highest BCUT2D eigenvalue weighted by atomic mass is 32.2. The summed E-state index contributed by atoms with van der Waals surface area (Å²) in [5.74, 6) is -0.316. The molecule has 2 rings (SSSR count). The van der Waals surface area contributed by atoms with Gasteiger partial charge in [-0.25, -0.2) is 0 Å². The van der Waals surface area contributed by atoms with Crippen molar-refractivity contribution >= 4 is 53.1 Å². The molecular weight excluding hydrogens is 550 g/mol. The standard InChI is InChI=1S/C28H43N5O5S2/c1-5-18(4)25-28(38)32-22(26(29)36)16-40-15-20-8-6-7-19(12-20)14-39-10-9-23(34)30-13-24(35)31-21(11-17(2)3)27(37)33-25/h6-8,12,17-18,21-22,25H,5,9-11,13-16H2,1-4H3,(H2,29,36)(H,30,34)(H,31,35)(H,32,38)(H,33,37)/t18-,21-,22-,25-/m0/s1. The summed E-state index contributed by atoms with van der Waals surface area (Å²) in [6.07, 6.45) is 1.21. The van der Waals surface area contributed by atoms with Crippen LogP contribution in [0, 0.1) is 11.8 Å². The van der Waals surface area contributed by atoms with E-state index >= 15 is 0 Å². The minimum Gasteiger partial charge on any atom is -0.368 e. The summed E-state index contributed by atoms with van der Waals surface area (Å²) in [5, 5.41) is 10.8. The highest BCUT2D eigenvalue weighted by Crippen LogP contribution is 2.19. The lowest BCUT2D eigenvalue weighted by atomic mass is 9.96. The zero-order chi connectivity index (χ0) is 29.7. The number of hydrogen-bond acceptors (Lipinski definition) is 7. The highest BCUT2D eigenvalue weighted by Gasteiger charge is 2.32. The summed E-state index contributed by atoms with van der Waals surface area (Å²) in [6.45, 7) is 7.33. The van der Waals surface area contributed by atoms with Gasteiger partial charge >= 0.3 is 0 Å². The van der Waals surface area contributed by atoms with Crippen LogP contribution in [0.5, 0.6) is 0 Å². The number of primary amides is 1. The minimum absolute atomic E-state index is 0.0768. The molecule has 0 unspecified atom stereocenters. The van der Waals surface area contributed by atoms with Gasteiger partial charge in [0.05, 0.1) is 6.54 Å². The molecule has 1 aliphatic heterocycles. The van der Waals surface area contributed by atoms with Crippen molar-refractivity contribution < 1.29 is 24.0 Å². The number of nitrogens with two attached hydrogens (primary N) is 1. The van der Waals surface area contributed by atoms with E-state index < -0.39 is 41.8 Å². The van der Waals surface area contributed by atoms with E-state index in [-0.39, 0.29) is 36.5 Å². The lowest BCUT2D eigenvalue weighted by Gasteiger charge is -2.28. The maximum atomic E-state index is 13.3. The predicted molar refractivity (Wildman–Crippen MR) is 160 cm³/mol. The summed E-state index contributed by atoms with van der Waals surface area (Å²) in [6, 6.07) is 5.33. The molecular formula is C28H43N5O5S2. The molecule has 0 aliphatic carbocycles. The summed E-state index contributed by atoms with van der Waals surface area (Å²) in [5.41, 5.74) is 7.81. The number of thioether (sulfide) groups is 2. The van der Waals surface area contributed by atoms with Gasteiger partial charge in [0, 0.05) is 29.4 Å². The molecule has 12 heteroatoms. The minimum atomic E-state index is -0.928. The van der Waals surface area contributed by atoms with Crippen LogP contribution >= 0.6 is 23.5 Å². The molecule has 0 aromatic heterocycles. The van der Waals surface area contributed by atoms with E-state index in [0.29, 0.717) is 24.3 Å². The Bertz CT molecular complexity index is 1040. The first-order valence-corrected chi connectivity index (χ1v) is 16.0. The quantitative estimate of drug-likeness (QED) is 0.347. The number of carbonyl (C=O) groups is 5. The first-order valence-electron chi connectivity index (χ1n) is 13.7. The van der Waals surface area contributed by atoms with Crippen molar-refractivity contribution in [3.8, 4) is 0 Å². The third-order valence-electron chi connectivity index (χ3n) is 6.54. The van der Waals surface area contributed by atoms with Gasteiger partial charge in [0.1, 0.15) is 18.1 Å². The van der Waals surface area contributed by atoms with Gasteiger partial charge in [0.15, 0.2) is 0 Å². The van der Waals surface area contributed by atoms with Crippen molar-refractivity contribution in [2.75, 3.05) is 18.1 Å². The molecule has 2 bridgehead atoms. The average Bonchev–Trinajstić information content (AvgIpc) is 2.90. The Labute approximate surface area is 245 Å². The number of nitrogens with one attached hydrogen (secondary N) is 4. The number of amides is 5. The zero-order valence-corrected chi connectivity index (χ0v) is 25.4. The molecule has 0 fully saturated rings. The van der Waals surface area contributed by atoms with Crippen LogP contribution in [0.4, 0.5) is 0 Å². The van der Waals surface area contributed by atoms with Crippen LogP contribution < -0.4 is 27.0 Å². The molecule has 6 N–H and O–H groups in total. The van der Waals surface area contributed by atoms with Crippen molar-refractivity contribution in [1.29, 1.82) is 0 Å². The first-order chi connectivity index (χ1) is 19.0. The number of hydrogen-bond donors (Lipinski definition) is 5. The summed E-state index contributed by atoms with van der Waals surface area (Å²) in [4.78, 5) is 63.7. The Morgan fingerprint density at radius 2 is 1.65 bits per heavy atom. The van der Waals surface area contributed by atoms with E-state index in [0.717, 1.165) is 16.9 Å². The summed E-state index contributed by atoms with van der Waals surface area (Å²) >= 11 is 3.10. The Morgan fingerprint density at radius 1 is 0.975 bits per heavy atom. The lowest BCUT2D eigenvalue weighted by molar-refractivity contribution is -0.134. The fraction of sp³-hybridized carbons (Fsp3) is 0.607. The normalized spacial score (nSPS) is 23.5. The molecule has 1 aliphatic rings. The molecule has 4 atom stereocenters. The van der Waals surface area contributed by atoms with Crippen LogP contribution in [0.1, 0.15) is 58.1 Å². The van der Waals surface area contributed by atoms with Gasteiger partial charge in [-0.05, 0) is 29.4 Å². The Hall–Kier alpha value is -2.73. The first kappa shape index (κ1) is 33.5. The van der Waals surface area contributed by atoms with Gasteiger partial charge in [0.25, 0.3) is 0 Å². The topological polar surface area (TPSA) is 159 Å². The molecule has 1 aromatic carbocycles. The third-order valence-corrected chi connectivity index (χ3v) is 8.68. The Kier molecular flexibility index (Phi) is 14.4.